The van der Waals surface area contributed by atoms with Gasteiger partial charge >= 0.3 is 6.09 Å². The predicted octanol–water partition coefficient (Wildman–Crippen LogP) is 3.73. The van der Waals surface area contributed by atoms with Crippen molar-refractivity contribution in [1.82, 2.24) is 0 Å². The molecule has 0 heterocycles. The Kier molecular flexibility index (Phi) is 5.35. The number of anilines is 3. The number of benzene rings is 2. The molecule has 7 heteroatoms. The summed E-state index contributed by atoms with van der Waals surface area (Å²) in [7, 11) is 0. The number of ether oxygens (including phenoxy) is 1. The first-order valence-corrected chi connectivity index (χ1v) is 7.01. The molecule has 2 rings (SSSR count). The second kappa shape index (κ2) is 7.44. The largest absolute Gasteiger partial charge is 0.450 e. The first-order valence-electron chi connectivity index (χ1n) is 7.01. The number of nitrogens with two attached hydrogens (primary N) is 1. The Morgan fingerprint density at radius 2 is 1.78 bits per heavy atom. The molecule has 2 aromatic rings. The number of amides is 1. The van der Waals surface area contributed by atoms with Crippen molar-refractivity contribution in [1.29, 1.82) is 0 Å². The first kappa shape index (κ1) is 16.5. The fraction of sp³-hybridized carbons (Fsp3) is 0.188. The van der Waals surface area contributed by atoms with E-state index in [1.54, 1.807) is 19.1 Å². The highest BCUT2D eigenvalue weighted by Gasteiger charge is 2.13. The van der Waals surface area contributed by atoms with E-state index in [2.05, 4.69) is 10.6 Å². The molecule has 0 saturated carbocycles. The maximum Gasteiger partial charge on any atom is 0.411 e. The molecular weight excluding hydrogens is 304 g/mol. The summed E-state index contributed by atoms with van der Waals surface area (Å²) in [4.78, 5) is 11.3. The van der Waals surface area contributed by atoms with Gasteiger partial charge in [0.1, 0.15) is 5.82 Å². The lowest BCUT2D eigenvalue weighted by Crippen LogP contribution is -2.15. The first-order chi connectivity index (χ1) is 11.0. The highest BCUT2D eigenvalue weighted by atomic mass is 19.1. The number of hydrogen-bond donors (Lipinski definition) is 3. The summed E-state index contributed by atoms with van der Waals surface area (Å²) >= 11 is 0. The van der Waals surface area contributed by atoms with E-state index in [0.717, 1.165) is 5.56 Å². The van der Waals surface area contributed by atoms with E-state index in [0.29, 0.717) is 6.54 Å². The van der Waals surface area contributed by atoms with Gasteiger partial charge in [0.25, 0.3) is 0 Å². The van der Waals surface area contributed by atoms with Crippen LogP contribution >= 0.6 is 0 Å². The van der Waals surface area contributed by atoms with Crippen molar-refractivity contribution in [3.05, 3.63) is 53.6 Å². The van der Waals surface area contributed by atoms with Gasteiger partial charge in [-0.05, 0) is 36.8 Å². The van der Waals surface area contributed by atoms with E-state index in [4.69, 9.17) is 10.5 Å². The van der Waals surface area contributed by atoms with Crippen LogP contribution in [0.4, 0.5) is 30.6 Å². The third kappa shape index (κ3) is 4.32. The lowest BCUT2D eigenvalue weighted by atomic mass is 10.2. The van der Waals surface area contributed by atoms with Gasteiger partial charge in [0.15, 0.2) is 5.82 Å². The number of hydrogen-bond acceptors (Lipinski definition) is 4. The molecule has 0 saturated heterocycles. The summed E-state index contributed by atoms with van der Waals surface area (Å²) in [5, 5.41) is 5.24. The smallest absolute Gasteiger partial charge is 0.411 e. The molecule has 0 aliphatic carbocycles. The van der Waals surface area contributed by atoms with Gasteiger partial charge in [-0.15, -0.1) is 0 Å². The lowest BCUT2D eigenvalue weighted by molar-refractivity contribution is 0.168. The number of carbonyl (C=O) groups excluding carboxylic acids is 1. The molecule has 0 aliphatic heterocycles. The minimum Gasteiger partial charge on any atom is -0.450 e. The molecule has 0 atom stereocenters. The number of halogens is 2. The van der Waals surface area contributed by atoms with Gasteiger partial charge in [-0.3, -0.25) is 5.32 Å². The standard InChI is InChI=1S/C16H17F2N3O2/c1-2-23-16(22)21-13-8-7-12(14(18)15(13)19)20-9-10-3-5-11(17)6-4-10/h3-8,20H,2,9,19H2,1H3,(H,21,22). The van der Waals surface area contributed by atoms with Gasteiger partial charge in [0.05, 0.1) is 23.7 Å². The van der Waals surface area contributed by atoms with E-state index in [-0.39, 0.29) is 29.5 Å². The molecular formula is C16H17F2N3O2. The number of nitrogen functional groups attached to an aromatic ring is 1. The summed E-state index contributed by atoms with van der Waals surface area (Å²) in [5.74, 6) is -1.01. The van der Waals surface area contributed by atoms with Crippen molar-refractivity contribution >= 4 is 23.2 Å². The van der Waals surface area contributed by atoms with E-state index >= 15 is 0 Å². The average Bonchev–Trinajstić information content (AvgIpc) is 2.53. The maximum atomic E-state index is 14.2. The SMILES string of the molecule is CCOC(=O)Nc1ccc(NCc2ccc(F)cc2)c(F)c1N. The van der Waals surface area contributed by atoms with Crippen molar-refractivity contribution in [3.63, 3.8) is 0 Å². The number of carbonyl (C=O) groups is 1. The van der Waals surface area contributed by atoms with Gasteiger partial charge in [0.2, 0.25) is 0 Å². The quantitative estimate of drug-likeness (QED) is 0.734. The monoisotopic (exact) mass is 321 g/mol. The highest BCUT2D eigenvalue weighted by Crippen LogP contribution is 2.28. The molecule has 4 N–H and O–H groups in total. The van der Waals surface area contributed by atoms with E-state index in [1.807, 2.05) is 0 Å². The third-order valence-electron chi connectivity index (χ3n) is 3.09. The molecule has 1 amide bonds. The Morgan fingerprint density at radius 3 is 2.43 bits per heavy atom. The van der Waals surface area contributed by atoms with Crippen LogP contribution in [-0.2, 0) is 11.3 Å². The molecule has 0 radical (unpaired) electrons. The third-order valence-corrected chi connectivity index (χ3v) is 3.09. The fourth-order valence-electron chi connectivity index (χ4n) is 1.92. The molecule has 0 fully saturated rings. The van der Waals surface area contributed by atoms with E-state index in [9.17, 15) is 13.6 Å². The second-order valence-corrected chi connectivity index (χ2v) is 4.71. The minimum absolute atomic E-state index is 0.133. The molecule has 0 spiro atoms. The normalized spacial score (nSPS) is 10.2. The Balaban J connectivity index is 2.07. The lowest BCUT2D eigenvalue weighted by Gasteiger charge is -2.13. The number of rotatable bonds is 5. The molecule has 0 aromatic heterocycles. The molecule has 0 bridgehead atoms. The summed E-state index contributed by atoms with van der Waals surface area (Å²) in [6, 6.07) is 8.78. The van der Waals surface area contributed by atoms with Gasteiger partial charge in [-0.25, -0.2) is 13.6 Å². The number of nitrogens with one attached hydrogen (secondary N) is 2. The minimum atomic E-state index is -0.703. The van der Waals surface area contributed by atoms with Gasteiger partial charge in [0, 0.05) is 6.54 Å². The Labute approximate surface area is 132 Å². The van der Waals surface area contributed by atoms with Gasteiger partial charge in [-0.1, -0.05) is 12.1 Å². The van der Waals surface area contributed by atoms with Gasteiger partial charge < -0.3 is 15.8 Å². The van der Waals surface area contributed by atoms with Crippen LogP contribution in [-0.4, -0.2) is 12.7 Å². The van der Waals surface area contributed by atoms with Crippen molar-refractivity contribution in [2.45, 2.75) is 13.5 Å². The zero-order chi connectivity index (χ0) is 16.8. The van der Waals surface area contributed by atoms with E-state index in [1.165, 1.54) is 24.3 Å². The predicted molar refractivity (Wildman–Crippen MR) is 85.2 cm³/mol. The zero-order valence-corrected chi connectivity index (χ0v) is 12.5. The second-order valence-electron chi connectivity index (χ2n) is 4.71. The van der Waals surface area contributed by atoms with Crippen LogP contribution in [0, 0.1) is 11.6 Å². The van der Waals surface area contributed by atoms with Crippen LogP contribution in [0.3, 0.4) is 0 Å². The van der Waals surface area contributed by atoms with E-state index < -0.39 is 11.9 Å². The van der Waals surface area contributed by atoms with Crippen molar-refractivity contribution in [2.75, 3.05) is 23.0 Å². The molecule has 2 aromatic carbocycles. The van der Waals surface area contributed by atoms with Crippen LogP contribution in [0.1, 0.15) is 12.5 Å². The molecule has 0 unspecified atom stereocenters. The highest BCUT2D eigenvalue weighted by molar-refractivity contribution is 5.90. The Bertz CT molecular complexity index is 690. The summed E-state index contributed by atoms with van der Waals surface area (Å²) in [5.41, 5.74) is 6.59. The Hall–Kier alpha value is -2.83. The van der Waals surface area contributed by atoms with Crippen molar-refractivity contribution in [2.24, 2.45) is 0 Å². The fourth-order valence-corrected chi connectivity index (χ4v) is 1.92. The summed E-state index contributed by atoms with van der Waals surface area (Å²) in [6.45, 7) is 2.17. The maximum absolute atomic E-state index is 14.2. The van der Waals surface area contributed by atoms with Crippen LogP contribution in [0.2, 0.25) is 0 Å². The topological polar surface area (TPSA) is 76.4 Å². The molecule has 0 aliphatic rings. The summed E-state index contributed by atoms with van der Waals surface area (Å²) in [6.07, 6.45) is -0.703. The van der Waals surface area contributed by atoms with Crippen LogP contribution < -0.4 is 16.4 Å². The van der Waals surface area contributed by atoms with Crippen LogP contribution in [0.5, 0.6) is 0 Å². The van der Waals surface area contributed by atoms with Gasteiger partial charge in [-0.2, -0.15) is 0 Å². The Morgan fingerprint density at radius 1 is 1.13 bits per heavy atom. The zero-order valence-electron chi connectivity index (χ0n) is 12.5. The molecule has 5 nitrogen and oxygen atoms in total. The van der Waals surface area contributed by atoms with Crippen molar-refractivity contribution < 1.29 is 18.3 Å². The molecule has 23 heavy (non-hydrogen) atoms. The summed E-state index contributed by atoms with van der Waals surface area (Å²) < 4.78 is 31.8. The molecule has 122 valence electrons. The average molecular weight is 321 g/mol. The van der Waals surface area contributed by atoms with Crippen LogP contribution in [0.15, 0.2) is 36.4 Å². The van der Waals surface area contributed by atoms with Crippen molar-refractivity contribution in [3.8, 4) is 0 Å². The van der Waals surface area contributed by atoms with Crippen LogP contribution in [0.25, 0.3) is 0 Å².